The van der Waals surface area contributed by atoms with Gasteiger partial charge in [-0.2, -0.15) is 0 Å². The highest BCUT2D eigenvalue weighted by molar-refractivity contribution is 14.1. The number of quaternary nitrogens is 1. The highest BCUT2D eigenvalue weighted by atomic mass is 127. The smallest absolute Gasteiger partial charge is 0.152 e. The van der Waals surface area contributed by atoms with E-state index in [9.17, 15) is 0 Å². The zero-order chi connectivity index (χ0) is 12.2. The molecule has 90 valence electrons. The second-order valence-electron chi connectivity index (χ2n) is 4.77. The van der Waals surface area contributed by atoms with E-state index in [1.54, 1.807) is 0 Å². The largest absolute Gasteiger partial charge is 0.318 e. The first-order valence-corrected chi connectivity index (χ1v) is 6.81. The van der Waals surface area contributed by atoms with Crippen LogP contribution in [0.2, 0.25) is 0 Å². The molecule has 1 aromatic rings. The molecule has 0 spiro atoms. The molecule has 16 heavy (non-hydrogen) atoms. The lowest BCUT2D eigenvalue weighted by Crippen LogP contribution is -2.42. The molecule has 4 heteroatoms. The maximum Gasteiger partial charge on any atom is 0.152 e. The number of aryl methyl sites for hydroxylation is 1. The standard InChI is InChI=1S/C12H20IN2O/c1-10-4-6-11(7-5-10)12(16-14)8-15(2,3)9-13/h4-7,12H,8-9,14H2,1-3H3/q+1. The van der Waals surface area contributed by atoms with Crippen LogP contribution in [-0.4, -0.2) is 29.7 Å². The van der Waals surface area contributed by atoms with Crippen molar-refractivity contribution in [1.29, 1.82) is 0 Å². The molecule has 0 heterocycles. The minimum atomic E-state index is -0.0367. The zero-order valence-corrected chi connectivity index (χ0v) is 12.3. The van der Waals surface area contributed by atoms with Crippen molar-refractivity contribution in [3.63, 3.8) is 0 Å². The van der Waals surface area contributed by atoms with E-state index in [1.807, 2.05) is 0 Å². The summed E-state index contributed by atoms with van der Waals surface area (Å²) in [6.45, 7) is 2.95. The van der Waals surface area contributed by atoms with Crippen molar-refractivity contribution < 1.29 is 9.32 Å². The summed E-state index contributed by atoms with van der Waals surface area (Å²) in [5.74, 6) is 5.39. The Morgan fingerprint density at radius 3 is 2.31 bits per heavy atom. The van der Waals surface area contributed by atoms with Crippen molar-refractivity contribution >= 4 is 22.6 Å². The van der Waals surface area contributed by atoms with Gasteiger partial charge in [0.2, 0.25) is 0 Å². The highest BCUT2D eigenvalue weighted by Gasteiger charge is 2.22. The first-order valence-electron chi connectivity index (χ1n) is 5.28. The summed E-state index contributed by atoms with van der Waals surface area (Å²) in [6, 6.07) is 8.34. The van der Waals surface area contributed by atoms with Crippen LogP contribution >= 0.6 is 22.6 Å². The third-order valence-corrected chi connectivity index (χ3v) is 4.44. The van der Waals surface area contributed by atoms with Crippen molar-refractivity contribution in [3.05, 3.63) is 35.4 Å². The van der Waals surface area contributed by atoms with Gasteiger partial charge in [0.05, 0.1) is 14.1 Å². The molecule has 2 N–H and O–H groups in total. The molecule has 0 aliphatic carbocycles. The van der Waals surface area contributed by atoms with Gasteiger partial charge in [-0.3, -0.25) is 4.84 Å². The molecule has 1 unspecified atom stereocenters. The van der Waals surface area contributed by atoms with Crippen molar-refractivity contribution in [1.82, 2.24) is 0 Å². The minimum absolute atomic E-state index is 0.0367. The summed E-state index contributed by atoms with van der Waals surface area (Å²) >= 11 is 2.38. The number of hydrogen-bond acceptors (Lipinski definition) is 2. The van der Waals surface area contributed by atoms with E-state index in [-0.39, 0.29) is 6.10 Å². The van der Waals surface area contributed by atoms with Gasteiger partial charge in [-0.1, -0.05) is 29.8 Å². The molecule has 0 aliphatic rings. The molecule has 0 saturated carbocycles. The molecular formula is C12H20IN2O+. The minimum Gasteiger partial charge on any atom is -0.318 e. The monoisotopic (exact) mass is 335 g/mol. The Kier molecular flexibility index (Phi) is 5.17. The maximum absolute atomic E-state index is 5.39. The molecule has 1 atom stereocenters. The number of benzene rings is 1. The average Bonchev–Trinajstić information content (AvgIpc) is 2.27. The molecule has 0 saturated heterocycles. The first-order chi connectivity index (χ1) is 7.48. The molecule has 0 radical (unpaired) electrons. The fourth-order valence-corrected chi connectivity index (χ4v) is 1.78. The number of likely N-dealkylation sites (N-methyl/N-ethyl adjacent to an activating group) is 1. The van der Waals surface area contributed by atoms with Gasteiger partial charge in [0.15, 0.2) is 6.10 Å². The van der Waals surface area contributed by atoms with Gasteiger partial charge in [0, 0.05) is 0 Å². The second kappa shape index (κ2) is 5.95. The Bertz CT molecular complexity index is 324. The Morgan fingerprint density at radius 2 is 1.88 bits per heavy atom. The van der Waals surface area contributed by atoms with E-state index in [1.165, 1.54) is 5.56 Å². The third-order valence-electron chi connectivity index (χ3n) is 2.60. The van der Waals surface area contributed by atoms with Crippen LogP contribution in [-0.2, 0) is 4.84 Å². The molecule has 0 bridgehead atoms. The summed E-state index contributed by atoms with van der Waals surface area (Å²) in [5, 5.41) is 0. The molecule has 0 amide bonds. The lowest BCUT2D eigenvalue weighted by atomic mass is 10.1. The molecular weight excluding hydrogens is 315 g/mol. The predicted molar refractivity (Wildman–Crippen MR) is 75.1 cm³/mol. The van der Waals surface area contributed by atoms with Gasteiger partial charge in [-0.05, 0) is 35.1 Å². The van der Waals surface area contributed by atoms with Gasteiger partial charge in [-0.15, -0.1) is 0 Å². The van der Waals surface area contributed by atoms with Crippen LogP contribution in [0, 0.1) is 6.92 Å². The van der Waals surface area contributed by atoms with Crippen LogP contribution in [0.4, 0.5) is 0 Å². The summed E-state index contributed by atoms with van der Waals surface area (Å²) < 4.78 is 1.92. The Hall–Kier alpha value is -0.170. The van der Waals surface area contributed by atoms with Crippen LogP contribution in [0.5, 0.6) is 0 Å². The topological polar surface area (TPSA) is 35.2 Å². The zero-order valence-electron chi connectivity index (χ0n) is 10.1. The van der Waals surface area contributed by atoms with Gasteiger partial charge in [-0.25, -0.2) is 5.90 Å². The van der Waals surface area contributed by atoms with Crippen LogP contribution in [0.25, 0.3) is 0 Å². The number of alkyl halides is 1. The van der Waals surface area contributed by atoms with Gasteiger partial charge < -0.3 is 4.48 Å². The third kappa shape index (κ3) is 4.01. The Morgan fingerprint density at radius 1 is 1.31 bits per heavy atom. The fourth-order valence-electron chi connectivity index (χ4n) is 1.51. The normalized spacial score (nSPS) is 13.8. The van der Waals surface area contributed by atoms with Crippen molar-refractivity contribution in [2.75, 3.05) is 25.2 Å². The molecule has 1 aromatic carbocycles. The van der Waals surface area contributed by atoms with E-state index in [2.05, 4.69) is 67.9 Å². The number of rotatable bonds is 5. The Balaban J connectivity index is 2.78. The summed E-state index contributed by atoms with van der Waals surface area (Å²) in [4.78, 5) is 5.09. The number of nitrogens with zero attached hydrogens (tertiary/aromatic N) is 1. The highest BCUT2D eigenvalue weighted by Crippen LogP contribution is 2.20. The van der Waals surface area contributed by atoms with Gasteiger partial charge in [0.25, 0.3) is 0 Å². The quantitative estimate of drug-likeness (QED) is 0.295. The van der Waals surface area contributed by atoms with E-state index in [0.29, 0.717) is 0 Å². The van der Waals surface area contributed by atoms with Gasteiger partial charge in [0.1, 0.15) is 11.1 Å². The maximum atomic E-state index is 5.39. The van der Waals surface area contributed by atoms with E-state index in [0.717, 1.165) is 21.1 Å². The molecule has 1 rings (SSSR count). The van der Waals surface area contributed by atoms with Crippen LogP contribution in [0.3, 0.4) is 0 Å². The lowest BCUT2D eigenvalue weighted by molar-refractivity contribution is -0.878. The van der Waals surface area contributed by atoms with E-state index >= 15 is 0 Å². The average molecular weight is 335 g/mol. The van der Waals surface area contributed by atoms with E-state index in [4.69, 9.17) is 10.7 Å². The number of nitrogens with two attached hydrogens (primary N) is 1. The predicted octanol–water partition coefficient (Wildman–Crippen LogP) is 2.40. The van der Waals surface area contributed by atoms with Crippen molar-refractivity contribution in [3.8, 4) is 0 Å². The van der Waals surface area contributed by atoms with Crippen LogP contribution in [0.15, 0.2) is 24.3 Å². The van der Waals surface area contributed by atoms with Crippen LogP contribution in [0.1, 0.15) is 17.2 Å². The summed E-state index contributed by atoms with van der Waals surface area (Å²) in [5.41, 5.74) is 2.39. The number of hydrogen-bond donors (Lipinski definition) is 1. The SMILES string of the molecule is Cc1ccc(C(C[N+](C)(C)CI)ON)cc1. The van der Waals surface area contributed by atoms with Gasteiger partial charge >= 0.3 is 0 Å². The summed E-state index contributed by atoms with van der Waals surface area (Å²) in [6.07, 6.45) is -0.0367. The lowest BCUT2D eigenvalue weighted by Gasteiger charge is -2.30. The van der Waals surface area contributed by atoms with Crippen molar-refractivity contribution in [2.45, 2.75) is 13.0 Å². The summed E-state index contributed by atoms with van der Waals surface area (Å²) in [7, 11) is 4.35. The molecule has 0 fully saturated rings. The molecule has 0 aromatic heterocycles. The Labute approximate surface area is 111 Å². The molecule has 0 aliphatic heterocycles. The number of halogens is 1. The molecule has 3 nitrogen and oxygen atoms in total. The first kappa shape index (κ1) is 13.9. The van der Waals surface area contributed by atoms with Crippen molar-refractivity contribution in [2.24, 2.45) is 5.90 Å². The second-order valence-corrected chi connectivity index (χ2v) is 5.46. The van der Waals surface area contributed by atoms with Crippen LogP contribution < -0.4 is 5.90 Å². The fraction of sp³-hybridized carbons (Fsp3) is 0.500. The van der Waals surface area contributed by atoms with E-state index < -0.39 is 0 Å².